The third kappa shape index (κ3) is 5.21. The average Bonchev–Trinajstić information content (AvgIpc) is 2.67. The maximum Gasteiger partial charge on any atom is 0.224 e. The van der Waals surface area contributed by atoms with Crippen LogP contribution in [0.25, 0.3) is 0 Å². The molecule has 1 aromatic heterocycles. The zero-order valence-electron chi connectivity index (χ0n) is 15.2. The number of anilines is 2. The molecule has 0 aliphatic heterocycles. The Hall–Kier alpha value is -3.08. The van der Waals surface area contributed by atoms with Crippen LogP contribution in [0.15, 0.2) is 60.8 Å². The van der Waals surface area contributed by atoms with Gasteiger partial charge in [0.25, 0.3) is 0 Å². The molecule has 3 aromatic rings. The number of ether oxygens (including phenoxy) is 1. The fourth-order valence-corrected chi connectivity index (χ4v) is 2.70. The molecule has 0 aliphatic carbocycles. The topological polar surface area (TPSA) is 59.1 Å². The number of aromatic nitrogens is 2. The smallest absolute Gasteiger partial charge is 0.224 e. The van der Waals surface area contributed by atoms with Gasteiger partial charge in [0.1, 0.15) is 11.6 Å². The summed E-state index contributed by atoms with van der Waals surface area (Å²) in [6.45, 7) is 3.59. The van der Waals surface area contributed by atoms with Gasteiger partial charge in [0, 0.05) is 19.3 Å². The van der Waals surface area contributed by atoms with Crippen LogP contribution in [-0.2, 0) is 13.0 Å². The first kappa shape index (κ1) is 17.7. The fourth-order valence-electron chi connectivity index (χ4n) is 2.70. The summed E-state index contributed by atoms with van der Waals surface area (Å²) in [4.78, 5) is 8.80. The van der Waals surface area contributed by atoms with Crippen LogP contribution in [0.2, 0.25) is 0 Å². The maximum absolute atomic E-state index is 5.25. The van der Waals surface area contributed by atoms with Crippen LogP contribution in [0.5, 0.6) is 5.75 Å². The molecule has 1 heterocycles. The van der Waals surface area contributed by atoms with Crippen LogP contribution in [0, 0.1) is 6.92 Å². The molecule has 0 unspecified atom stereocenters. The second kappa shape index (κ2) is 8.85. The molecule has 0 bridgehead atoms. The molecule has 0 saturated heterocycles. The van der Waals surface area contributed by atoms with Crippen LogP contribution in [0.1, 0.15) is 16.7 Å². The lowest BCUT2D eigenvalue weighted by Crippen LogP contribution is -2.09. The van der Waals surface area contributed by atoms with Gasteiger partial charge in [0.05, 0.1) is 7.11 Å². The number of hydrogen-bond donors (Lipinski definition) is 2. The number of aryl methyl sites for hydroxylation is 1. The minimum absolute atomic E-state index is 0.627. The largest absolute Gasteiger partial charge is 0.497 e. The van der Waals surface area contributed by atoms with E-state index in [1.54, 1.807) is 13.3 Å². The zero-order chi connectivity index (χ0) is 18.2. The molecule has 3 rings (SSSR count). The molecule has 26 heavy (non-hydrogen) atoms. The van der Waals surface area contributed by atoms with Gasteiger partial charge in [-0.2, -0.15) is 4.98 Å². The molecular formula is C21H24N4O. The van der Waals surface area contributed by atoms with Gasteiger partial charge in [0.2, 0.25) is 5.95 Å². The summed E-state index contributed by atoms with van der Waals surface area (Å²) >= 11 is 0. The molecule has 2 N–H and O–H groups in total. The van der Waals surface area contributed by atoms with Crippen molar-refractivity contribution in [1.82, 2.24) is 9.97 Å². The Kier molecular flexibility index (Phi) is 6.04. The van der Waals surface area contributed by atoms with Gasteiger partial charge in [-0.3, -0.25) is 0 Å². The Labute approximate surface area is 154 Å². The van der Waals surface area contributed by atoms with Crippen LogP contribution >= 0.6 is 0 Å². The second-order valence-electron chi connectivity index (χ2n) is 6.14. The van der Waals surface area contributed by atoms with Crippen molar-refractivity contribution in [2.75, 3.05) is 24.3 Å². The van der Waals surface area contributed by atoms with E-state index in [2.05, 4.69) is 57.9 Å². The minimum atomic E-state index is 0.627. The van der Waals surface area contributed by atoms with E-state index in [-0.39, 0.29) is 0 Å². The lowest BCUT2D eigenvalue weighted by Gasteiger charge is -2.09. The third-order valence-electron chi connectivity index (χ3n) is 4.04. The van der Waals surface area contributed by atoms with E-state index >= 15 is 0 Å². The number of benzene rings is 2. The Bertz CT molecular complexity index is 851. The highest BCUT2D eigenvalue weighted by Crippen LogP contribution is 2.13. The molecule has 134 valence electrons. The van der Waals surface area contributed by atoms with E-state index in [0.717, 1.165) is 31.1 Å². The first-order valence-electron chi connectivity index (χ1n) is 8.72. The molecule has 0 spiro atoms. The van der Waals surface area contributed by atoms with Gasteiger partial charge in [-0.05, 0) is 42.7 Å². The predicted octanol–water partition coefficient (Wildman–Crippen LogP) is 4.06. The second-order valence-corrected chi connectivity index (χ2v) is 6.14. The number of nitrogens with one attached hydrogen (secondary N) is 2. The standard InChI is InChI=1S/C21H24N4O/c1-16-5-3-7-18(13-16)15-24-20-10-12-23-21(25-20)22-11-9-17-6-4-8-19(14-17)26-2/h3-8,10,12-14H,9,11,15H2,1-2H3,(H2,22,23,24,25). The quantitative estimate of drug-likeness (QED) is 0.643. The average molecular weight is 348 g/mol. The monoisotopic (exact) mass is 348 g/mol. The third-order valence-corrected chi connectivity index (χ3v) is 4.04. The highest BCUT2D eigenvalue weighted by atomic mass is 16.5. The van der Waals surface area contributed by atoms with Crippen LogP contribution in [0.4, 0.5) is 11.8 Å². The van der Waals surface area contributed by atoms with Gasteiger partial charge < -0.3 is 15.4 Å². The summed E-state index contributed by atoms with van der Waals surface area (Å²) in [6, 6.07) is 18.4. The Balaban J connectivity index is 1.52. The predicted molar refractivity (Wildman–Crippen MR) is 106 cm³/mol. The summed E-state index contributed by atoms with van der Waals surface area (Å²) < 4.78 is 5.25. The van der Waals surface area contributed by atoms with E-state index in [4.69, 9.17) is 4.74 Å². The summed E-state index contributed by atoms with van der Waals surface area (Å²) in [6.07, 6.45) is 2.64. The highest BCUT2D eigenvalue weighted by molar-refractivity contribution is 5.40. The van der Waals surface area contributed by atoms with Gasteiger partial charge in [-0.25, -0.2) is 4.98 Å². The van der Waals surface area contributed by atoms with E-state index in [1.165, 1.54) is 16.7 Å². The number of nitrogens with zero attached hydrogens (tertiary/aromatic N) is 2. The van der Waals surface area contributed by atoms with Gasteiger partial charge in [-0.1, -0.05) is 42.0 Å². The molecule has 0 radical (unpaired) electrons. The van der Waals surface area contributed by atoms with Crippen molar-refractivity contribution in [3.8, 4) is 5.75 Å². The Morgan fingerprint density at radius 3 is 2.65 bits per heavy atom. The summed E-state index contributed by atoms with van der Waals surface area (Å²) in [5.74, 6) is 2.31. The molecule has 5 nitrogen and oxygen atoms in total. The lowest BCUT2D eigenvalue weighted by atomic mass is 10.1. The SMILES string of the molecule is COc1cccc(CCNc2nccc(NCc3cccc(C)c3)n2)c1. The van der Waals surface area contributed by atoms with Crippen molar-refractivity contribution in [3.63, 3.8) is 0 Å². The number of hydrogen-bond acceptors (Lipinski definition) is 5. The molecule has 0 aliphatic rings. The number of methoxy groups -OCH3 is 1. The Morgan fingerprint density at radius 1 is 0.962 bits per heavy atom. The lowest BCUT2D eigenvalue weighted by molar-refractivity contribution is 0.414. The van der Waals surface area contributed by atoms with Crippen LogP contribution in [-0.4, -0.2) is 23.6 Å². The zero-order valence-corrected chi connectivity index (χ0v) is 15.2. The minimum Gasteiger partial charge on any atom is -0.497 e. The van der Waals surface area contributed by atoms with Crippen molar-refractivity contribution in [1.29, 1.82) is 0 Å². The van der Waals surface area contributed by atoms with Crippen molar-refractivity contribution in [2.45, 2.75) is 19.9 Å². The molecular weight excluding hydrogens is 324 g/mol. The molecule has 0 saturated carbocycles. The first-order chi connectivity index (χ1) is 12.7. The van der Waals surface area contributed by atoms with Crippen molar-refractivity contribution < 1.29 is 4.74 Å². The van der Waals surface area contributed by atoms with Crippen molar-refractivity contribution >= 4 is 11.8 Å². The maximum atomic E-state index is 5.25. The number of rotatable bonds is 8. The van der Waals surface area contributed by atoms with Gasteiger partial charge >= 0.3 is 0 Å². The van der Waals surface area contributed by atoms with Crippen molar-refractivity contribution in [3.05, 3.63) is 77.5 Å². The van der Waals surface area contributed by atoms with Gasteiger partial charge in [-0.15, -0.1) is 0 Å². The Morgan fingerprint density at radius 2 is 1.81 bits per heavy atom. The molecule has 0 fully saturated rings. The molecule has 2 aromatic carbocycles. The molecule has 0 atom stereocenters. The fraction of sp³-hybridized carbons (Fsp3) is 0.238. The van der Waals surface area contributed by atoms with Crippen LogP contribution in [0.3, 0.4) is 0 Å². The molecule has 5 heteroatoms. The summed E-state index contributed by atoms with van der Waals surface area (Å²) in [5.41, 5.74) is 3.70. The van der Waals surface area contributed by atoms with E-state index in [0.29, 0.717) is 5.95 Å². The van der Waals surface area contributed by atoms with E-state index in [1.807, 2.05) is 24.3 Å². The summed E-state index contributed by atoms with van der Waals surface area (Å²) in [7, 11) is 1.68. The first-order valence-corrected chi connectivity index (χ1v) is 8.72. The molecule has 0 amide bonds. The summed E-state index contributed by atoms with van der Waals surface area (Å²) in [5, 5.41) is 6.62. The van der Waals surface area contributed by atoms with E-state index < -0.39 is 0 Å². The highest BCUT2D eigenvalue weighted by Gasteiger charge is 2.01. The van der Waals surface area contributed by atoms with Gasteiger partial charge in [0.15, 0.2) is 0 Å². The van der Waals surface area contributed by atoms with Crippen LogP contribution < -0.4 is 15.4 Å². The normalized spacial score (nSPS) is 10.4. The van der Waals surface area contributed by atoms with E-state index in [9.17, 15) is 0 Å². The van der Waals surface area contributed by atoms with Crippen molar-refractivity contribution in [2.24, 2.45) is 0 Å².